The van der Waals surface area contributed by atoms with Gasteiger partial charge in [-0.25, -0.2) is 4.39 Å². The van der Waals surface area contributed by atoms with Crippen LogP contribution in [0, 0.1) is 5.82 Å². The molecule has 152 valence electrons. The van der Waals surface area contributed by atoms with Crippen molar-refractivity contribution in [3.63, 3.8) is 0 Å². The molecule has 0 bridgehead atoms. The van der Waals surface area contributed by atoms with Crippen LogP contribution in [-0.4, -0.2) is 26.7 Å². The number of benzene rings is 2. The van der Waals surface area contributed by atoms with Crippen LogP contribution >= 0.6 is 0 Å². The van der Waals surface area contributed by atoms with Crippen molar-refractivity contribution in [1.82, 2.24) is 4.72 Å². The van der Waals surface area contributed by atoms with Crippen LogP contribution in [0.3, 0.4) is 0 Å². The smallest absolute Gasteiger partial charge is 0.322 e. The average Bonchev–Trinajstić information content (AvgIpc) is 2.96. The lowest BCUT2D eigenvalue weighted by Crippen LogP contribution is -2.76. The van der Waals surface area contributed by atoms with Crippen LogP contribution in [0.4, 0.5) is 10.1 Å². The van der Waals surface area contributed by atoms with Crippen LogP contribution in [0.25, 0.3) is 6.08 Å². The third-order valence-corrected chi connectivity index (χ3v) is 5.80. The van der Waals surface area contributed by atoms with Crippen molar-refractivity contribution in [1.29, 1.82) is 0 Å². The first-order valence-electron chi connectivity index (χ1n) is 9.40. The quantitative estimate of drug-likeness (QED) is 0.650. The number of anilines is 1. The number of hydrogen-bond acceptors (Lipinski definition) is 3. The molecule has 1 aliphatic heterocycles. The Labute approximate surface area is 169 Å². The first kappa shape index (κ1) is 20.7. The maximum Gasteiger partial charge on any atom is 0.328 e. The molecule has 0 radical (unpaired) electrons. The molecule has 0 atom stereocenters. The second kappa shape index (κ2) is 9.47. The fourth-order valence-electron chi connectivity index (χ4n) is 2.91. The van der Waals surface area contributed by atoms with E-state index in [0.717, 1.165) is 25.8 Å². The van der Waals surface area contributed by atoms with Crippen molar-refractivity contribution in [2.45, 2.75) is 30.6 Å². The Kier molecular flexibility index (Phi) is 6.77. The molecule has 0 fully saturated rings. The van der Waals surface area contributed by atoms with E-state index in [1.54, 1.807) is 30.3 Å². The second-order valence-corrected chi connectivity index (χ2v) is 8.41. The van der Waals surface area contributed by atoms with Crippen molar-refractivity contribution < 1.29 is 22.6 Å². The van der Waals surface area contributed by atoms with Gasteiger partial charge in [-0.05, 0) is 61.2 Å². The summed E-state index contributed by atoms with van der Waals surface area (Å²) >= 11 is 0. The SMILES string of the molecule is O=C(/C=C/c1ccc(F)cc1)Nc1cccc(S(=O)(=O)NC2=[NH+]CCCCC2)c1. The average molecular weight is 416 g/mol. The van der Waals surface area contributed by atoms with Gasteiger partial charge in [0.2, 0.25) is 5.91 Å². The predicted octanol–water partition coefficient (Wildman–Crippen LogP) is 1.81. The molecular weight excluding hydrogens is 393 g/mol. The molecule has 0 saturated heterocycles. The number of hydrogen-bond donors (Lipinski definition) is 3. The van der Waals surface area contributed by atoms with E-state index in [-0.39, 0.29) is 10.7 Å². The summed E-state index contributed by atoms with van der Waals surface area (Å²) in [6, 6.07) is 11.8. The molecule has 1 aliphatic rings. The van der Waals surface area contributed by atoms with E-state index in [4.69, 9.17) is 0 Å². The molecule has 1 amide bonds. The number of sulfonamides is 1. The highest BCUT2D eigenvalue weighted by molar-refractivity contribution is 7.90. The van der Waals surface area contributed by atoms with Crippen molar-refractivity contribution in [3.8, 4) is 0 Å². The van der Waals surface area contributed by atoms with Gasteiger partial charge in [0.1, 0.15) is 10.7 Å². The van der Waals surface area contributed by atoms with Gasteiger partial charge in [-0.1, -0.05) is 18.2 Å². The highest BCUT2D eigenvalue weighted by Gasteiger charge is 2.23. The summed E-state index contributed by atoms with van der Waals surface area (Å²) in [5.74, 6) is -0.175. The van der Waals surface area contributed by atoms with E-state index in [1.807, 2.05) is 0 Å². The zero-order valence-electron chi connectivity index (χ0n) is 15.8. The highest BCUT2D eigenvalue weighted by atomic mass is 32.2. The minimum absolute atomic E-state index is 0.0661. The summed E-state index contributed by atoms with van der Waals surface area (Å²) < 4.78 is 40.8. The van der Waals surface area contributed by atoms with Crippen molar-refractivity contribution in [2.75, 3.05) is 11.9 Å². The van der Waals surface area contributed by atoms with Gasteiger partial charge in [0.05, 0.1) is 6.54 Å². The molecule has 1 heterocycles. The number of carbonyl (C=O) groups is 1. The van der Waals surface area contributed by atoms with E-state index in [2.05, 4.69) is 15.0 Å². The molecular formula is C21H23FN3O3S+. The van der Waals surface area contributed by atoms with Gasteiger partial charge in [-0.3, -0.25) is 9.79 Å². The maximum atomic E-state index is 12.9. The van der Waals surface area contributed by atoms with Gasteiger partial charge in [-0.15, -0.1) is 0 Å². The van der Waals surface area contributed by atoms with Crippen LogP contribution in [0.15, 0.2) is 59.5 Å². The van der Waals surface area contributed by atoms with Crippen LogP contribution in [0.5, 0.6) is 0 Å². The van der Waals surface area contributed by atoms with Gasteiger partial charge < -0.3 is 5.32 Å². The third kappa shape index (κ3) is 6.25. The highest BCUT2D eigenvalue weighted by Crippen LogP contribution is 2.16. The lowest BCUT2D eigenvalue weighted by molar-refractivity contribution is -0.459. The fourth-order valence-corrected chi connectivity index (χ4v) is 4.07. The minimum Gasteiger partial charge on any atom is -0.322 e. The zero-order valence-corrected chi connectivity index (χ0v) is 16.6. The van der Waals surface area contributed by atoms with Gasteiger partial charge in [0.15, 0.2) is 0 Å². The Morgan fingerprint density at radius 1 is 1.07 bits per heavy atom. The van der Waals surface area contributed by atoms with Crippen LogP contribution in [-0.2, 0) is 14.8 Å². The zero-order chi connectivity index (χ0) is 20.7. The topological polar surface area (TPSA) is 89.2 Å². The number of rotatable bonds is 5. The van der Waals surface area contributed by atoms with Gasteiger partial charge >= 0.3 is 10.0 Å². The summed E-state index contributed by atoms with van der Waals surface area (Å²) in [5, 5.41) is 2.64. The predicted molar refractivity (Wildman–Crippen MR) is 110 cm³/mol. The Morgan fingerprint density at radius 3 is 2.66 bits per heavy atom. The first-order chi connectivity index (χ1) is 13.9. The molecule has 2 aromatic rings. The minimum atomic E-state index is -3.75. The van der Waals surface area contributed by atoms with Crippen LogP contribution in [0.1, 0.15) is 31.2 Å². The fraction of sp³-hybridized carbons (Fsp3) is 0.238. The van der Waals surface area contributed by atoms with Crippen molar-refractivity contribution in [2.24, 2.45) is 0 Å². The molecule has 0 saturated carbocycles. The molecule has 0 spiro atoms. The van der Waals surface area contributed by atoms with Crippen molar-refractivity contribution >= 4 is 33.5 Å². The Hall–Kier alpha value is -3.00. The Balaban J connectivity index is 1.67. The van der Waals surface area contributed by atoms with E-state index < -0.39 is 15.9 Å². The van der Waals surface area contributed by atoms with Crippen molar-refractivity contribution in [3.05, 3.63) is 66.0 Å². The molecule has 0 unspecified atom stereocenters. The summed E-state index contributed by atoms with van der Waals surface area (Å²) in [7, 11) is -3.75. The molecule has 2 aromatic carbocycles. The van der Waals surface area contributed by atoms with Gasteiger partial charge in [-0.2, -0.15) is 13.1 Å². The Morgan fingerprint density at radius 2 is 1.86 bits per heavy atom. The van der Waals surface area contributed by atoms with Crippen LogP contribution in [0.2, 0.25) is 0 Å². The second-order valence-electron chi connectivity index (χ2n) is 6.72. The standard InChI is InChI=1S/C21H22FN3O3S/c22-17-11-8-16(9-12-17)10-13-21(26)24-18-5-4-6-19(15-18)29(27,28)25-20-7-2-1-3-14-23-20/h4-6,8-13,15H,1-3,7,14H2,(H,23,25)(H,24,26)/p+1/b13-10+. The lowest BCUT2D eigenvalue weighted by Gasteiger charge is -2.06. The number of amides is 1. The number of carbonyl (C=O) groups excluding carboxylic acids is 1. The summed E-state index contributed by atoms with van der Waals surface area (Å²) in [4.78, 5) is 15.3. The van der Waals surface area contributed by atoms with Crippen LogP contribution < -0.4 is 15.0 Å². The molecule has 29 heavy (non-hydrogen) atoms. The number of amidine groups is 1. The van der Waals surface area contributed by atoms with E-state index in [9.17, 15) is 17.6 Å². The molecule has 3 N–H and O–H groups in total. The molecule has 0 aromatic heterocycles. The van der Waals surface area contributed by atoms with E-state index in [1.165, 1.54) is 30.3 Å². The summed E-state index contributed by atoms with van der Waals surface area (Å²) in [5.41, 5.74) is 1.04. The van der Waals surface area contributed by atoms with Gasteiger partial charge in [0, 0.05) is 18.2 Å². The van der Waals surface area contributed by atoms with Gasteiger partial charge in [0.25, 0.3) is 5.84 Å². The molecule has 0 aliphatic carbocycles. The summed E-state index contributed by atoms with van der Waals surface area (Å²) in [6.07, 6.45) is 6.51. The van der Waals surface area contributed by atoms with E-state index >= 15 is 0 Å². The largest absolute Gasteiger partial charge is 0.328 e. The third-order valence-electron chi connectivity index (χ3n) is 4.41. The monoisotopic (exact) mass is 416 g/mol. The summed E-state index contributed by atoms with van der Waals surface area (Å²) in [6.45, 7) is 0.744. The number of nitrogens with one attached hydrogen (secondary N) is 3. The Bertz CT molecular complexity index is 1030. The molecule has 3 rings (SSSR count). The van der Waals surface area contributed by atoms with E-state index in [0.29, 0.717) is 23.5 Å². The molecule has 6 nitrogen and oxygen atoms in total. The lowest BCUT2D eigenvalue weighted by atomic mass is 10.2. The maximum absolute atomic E-state index is 12.9. The normalized spacial score (nSPS) is 14.9. The first-order valence-corrected chi connectivity index (χ1v) is 10.9. The molecule has 8 heteroatoms. The number of halogens is 1.